The maximum absolute atomic E-state index is 5.14. The molecule has 0 aliphatic rings. The molecule has 17 heavy (non-hydrogen) atoms. The van der Waals surface area contributed by atoms with E-state index in [0.29, 0.717) is 0 Å². The summed E-state index contributed by atoms with van der Waals surface area (Å²) >= 11 is 0. The van der Waals surface area contributed by atoms with Crippen molar-refractivity contribution in [3.8, 4) is 5.75 Å². The molecule has 0 amide bonds. The van der Waals surface area contributed by atoms with Gasteiger partial charge < -0.3 is 4.74 Å². The molecule has 86 valence electrons. The van der Waals surface area contributed by atoms with E-state index in [4.69, 9.17) is 4.74 Å². The summed E-state index contributed by atoms with van der Waals surface area (Å²) in [4.78, 5) is 0. The number of benzene rings is 2. The molecule has 3 nitrogen and oxygen atoms in total. The molecule has 0 heterocycles. The highest BCUT2D eigenvalue weighted by Gasteiger charge is 1.98. The summed E-state index contributed by atoms with van der Waals surface area (Å²) in [6, 6.07) is 15.4. The molecule has 0 aromatic heterocycles. The maximum atomic E-state index is 5.14. The molecule has 0 atom stereocenters. The van der Waals surface area contributed by atoms with Gasteiger partial charge in [0.25, 0.3) is 0 Å². The molecule has 0 radical (unpaired) electrons. The van der Waals surface area contributed by atoms with E-state index in [0.717, 1.165) is 22.7 Å². The number of methoxy groups -OCH3 is 1. The molecule has 0 N–H and O–H groups in total. The van der Waals surface area contributed by atoms with Crippen molar-refractivity contribution in [3.63, 3.8) is 0 Å². The van der Waals surface area contributed by atoms with E-state index >= 15 is 0 Å². The van der Waals surface area contributed by atoms with Crippen LogP contribution in [0.3, 0.4) is 0 Å². The Morgan fingerprint density at radius 3 is 2.35 bits per heavy atom. The van der Waals surface area contributed by atoms with Gasteiger partial charge in [-0.2, -0.15) is 10.2 Å². The van der Waals surface area contributed by atoms with Crippen molar-refractivity contribution in [1.29, 1.82) is 0 Å². The fourth-order valence-electron chi connectivity index (χ4n) is 1.47. The third kappa shape index (κ3) is 2.91. The number of ether oxygens (including phenoxy) is 1. The third-order valence-corrected chi connectivity index (χ3v) is 2.43. The van der Waals surface area contributed by atoms with Gasteiger partial charge in [-0.25, -0.2) is 0 Å². The Morgan fingerprint density at radius 1 is 0.941 bits per heavy atom. The summed E-state index contributed by atoms with van der Waals surface area (Å²) in [5.41, 5.74) is 2.75. The average molecular weight is 226 g/mol. The second-order valence-corrected chi connectivity index (χ2v) is 3.69. The quantitative estimate of drug-likeness (QED) is 0.713. The van der Waals surface area contributed by atoms with Gasteiger partial charge in [-0.05, 0) is 42.8 Å². The van der Waals surface area contributed by atoms with E-state index in [1.54, 1.807) is 7.11 Å². The molecular weight excluding hydrogens is 212 g/mol. The summed E-state index contributed by atoms with van der Waals surface area (Å²) < 4.78 is 5.14. The summed E-state index contributed by atoms with van der Waals surface area (Å²) in [6.07, 6.45) is 0. The molecule has 0 unspecified atom stereocenters. The van der Waals surface area contributed by atoms with Gasteiger partial charge in [-0.3, -0.25) is 0 Å². The van der Waals surface area contributed by atoms with Crippen LogP contribution in [0.15, 0.2) is 58.8 Å². The molecule has 0 spiro atoms. The lowest BCUT2D eigenvalue weighted by atomic mass is 10.2. The number of nitrogens with zero attached hydrogens (tertiary/aromatic N) is 2. The fraction of sp³-hybridized carbons (Fsp3) is 0.143. The highest BCUT2D eigenvalue weighted by Crippen LogP contribution is 2.25. The van der Waals surface area contributed by atoms with Crippen LogP contribution >= 0.6 is 0 Å². The van der Waals surface area contributed by atoms with Gasteiger partial charge >= 0.3 is 0 Å². The zero-order valence-electron chi connectivity index (χ0n) is 9.92. The van der Waals surface area contributed by atoms with E-state index in [1.807, 2.05) is 55.5 Å². The van der Waals surface area contributed by atoms with Crippen molar-refractivity contribution >= 4 is 11.4 Å². The van der Waals surface area contributed by atoms with Crippen molar-refractivity contribution in [3.05, 3.63) is 54.1 Å². The van der Waals surface area contributed by atoms with Crippen molar-refractivity contribution in [1.82, 2.24) is 0 Å². The van der Waals surface area contributed by atoms with Crippen LogP contribution in [0.2, 0.25) is 0 Å². The maximum Gasteiger partial charge on any atom is 0.119 e. The van der Waals surface area contributed by atoms with Crippen molar-refractivity contribution in [2.75, 3.05) is 7.11 Å². The monoisotopic (exact) mass is 226 g/mol. The largest absolute Gasteiger partial charge is 0.497 e. The molecule has 2 aromatic carbocycles. The first-order valence-corrected chi connectivity index (χ1v) is 5.41. The molecule has 0 saturated carbocycles. The van der Waals surface area contributed by atoms with Gasteiger partial charge in [0, 0.05) is 0 Å². The van der Waals surface area contributed by atoms with Crippen molar-refractivity contribution in [2.45, 2.75) is 6.92 Å². The highest BCUT2D eigenvalue weighted by molar-refractivity contribution is 5.49. The third-order valence-electron chi connectivity index (χ3n) is 2.43. The van der Waals surface area contributed by atoms with Crippen molar-refractivity contribution in [2.24, 2.45) is 10.2 Å². The van der Waals surface area contributed by atoms with Crippen LogP contribution in [0, 0.1) is 6.92 Å². The molecule has 2 aromatic rings. The molecule has 2 rings (SSSR count). The Kier molecular flexibility index (Phi) is 3.50. The molecule has 0 fully saturated rings. The van der Waals surface area contributed by atoms with Crippen LogP contribution in [0.4, 0.5) is 11.4 Å². The van der Waals surface area contributed by atoms with Gasteiger partial charge in [0.15, 0.2) is 0 Å². The summed E-state index contributed by atoms with van der Waals surface area (Å²) in [5, 5.41) is 8.40. The number of rotatable bonds is 3. The minimum Gasteiger partial charge on any atom is -0.497 e. The molecule has 0 saturated heterocycles. The van der Waals surface area contributed by atoms with Crippen molar-refractivity contribution < 1.29 is 4.74 Å². The molecule has 0 aliphatic carbocycles. The lowest BCUT2D eigenvalue weighted by Crippen LogP contribution is -1.82. The van der Waals surface area contributed by atoms with E-state index in [2.05, 4.69) is 10.2 Å². The first kappa shape index (κ1) is 11.3. The Morgan fingerprint density at radius 2 is 1.71 bits per heavy atom. The molecular formula is C14H14N2O. The van der Waals surface area contributed by atoms with Gasteiger partial charge in [0.2, 0.25) is 0 Å². The Balaban J connectivity index is 2.22. The first-order chi connectivity index (χ1) is 8.29. The second kappa shape index (κ2) is 5.25. The predicted molar refractivity (Wildman–Crippen MR) is 68.3 cm³/mol. The van der Waals surface area contributed by atoms with Gasteiger partial charge in [-0.15, -0.1) is 0 Å². The van der Waals surface area contributed by atoms with Crippen LogP contribution in [0.25, 0.3) is 0 Å². The minimum atomic E-state index is 0.834. The van der Waals surface area contributed by atoms with E-state index in [-0.39, 0.29) is 0 Å². The summed E-state index contributed by atoms with van der Waals surface area (Å²) in [5.74, 6) is 0.834. The minimum absolute atomic E-state index is 0.834. The van der Waals surface area contributed by atoms with E-state index in [1.165, 1.54) is 0 Å². The molecule has 0 aliphatic heterocycles. The molecule has 3 heteroatoms. The number of hydrogen-bond acceptors (Lipinski definition) is 3. The van der Waals surface area contributed by atoms with Gasteiger partial charge in [-0.1, -0.05) is 18.2 Å². The number of aryl methyl sites for hydroxylation is 1. The van der Waals surface area contributed by atoms with Crippen LogP contribution in [-0.4, -0.2) is 7.11 Å². The summed E-state index contributed by atoms with van der Waals surface area (Å²) in [6.45, 7) is 1.99. The van der Waals surface area contributed by atoms with Crippen LogP contribution in [0.5, 0.6) is 5.75 Å². The standard InChI is InChI=1S/C14H14N2O/c1-11-10-13(17-2)8-9-14(11)16-15-12-6-4-3-5-7-12/h3-10H,1-2H3. The van der Waals surface area contributed by atoms with E-state index < -0.39 is 0 Å². The fourth-order valence-corrected chi connectivity index (χ4v) is 1.47. The normalized spacial score (nSPS) is 10.7. The van der Waals surface area contributed by atoms with Gasteiger partial charge in [0.1, 0.15) is 5.75 Å². The van der Waals surface area contributed by atoms with Crippen LogP contribution in [-0.2, 0) is 0 Å². The smallest absolute Gasteiger partial charge is 0.119 e. The second-order valence-electron chi connectivity index (χ2n) is 3.69. The highest BCUT2D eigenvalue weighted by atomic mass is 16.5. The zero-order valence-corrected chi connectivity index (χ0v) is 9.92. The topological polar surface area (TPSA) is 34.0 Å². The number of azo groups is 1. The molecule has 0 bridgehead atoms. The van der Waals surface area contributed by atoms with Gasteiger partial charge in [0.05, 0.1) is 18.5 Å². The lowest BCUT2D eigenvalue weighted by Gasteiger charge is -2.02. The number of hydrogen-bond donors (Lipinski definition) is 0. The zero-order chi connectivity index (χ0) is 12.1. The SMILES string of the molecule is COc1ccc(N=Nc2ccccc2)c(C)c1. The summed E-state index contributed by atoms with van der Waals surface area (Å²) in [7, 11) is 1.65. The first-order valence-electron chi connectivity index (χ1n) is 5.41. The Labute approximate surface area is 101 Å². The predicted octanol–water partition coefficient (Wildman–Crippen LogP) is 4.42. The van der Waals surface area contributed by atoms with E-state index in [9.17, 15) is 0 Å². The van der Waals surface area contributed by atoms with Crippen LogP contribution < -0.4 is 4.74 Å². The lowest BCUT2D eigenvalue weighted by molar-refractivity contribution is 0.414. The Bertz CT molecular complexity index is 521. The van der Waals surface area contributed by atoms with Crippen LogP contribution in [0.1, 0.15) is 5.56 Å². The Hall–Kier alpha value is -2.16. The average Bonchev–Trinajstić information content (AvgIpc) is 2.38.